The van der Waals surface area contributed by atoms with Gasteiger partial charge in [0.1, 0.15) is 11.6 Å². The molecule has 2 aromatic rings. The third-order valence-corrected chi connectivity index (χ3v) is 7.58. The first-order chi connectivity index (χ1) is 16.5. The maximum atomic E-state index is 13.2. The van der Waals surface area contributed by atoms with Crippen LogP contribution in [0.15, 0.2) is 51.3 Å². The maximum absolute atomic E-state index is 13.2. The van der Waals surface area contributed by atoms with Gasteiger partial charge < -0.3 is 15.2 Å². The first-order valence-corrected chi connectivity index (χ1v) is 12.5. The summed E-state index contributed by atoms with van der Waals surface area (Å²) in [6, 6.07) is 9.57. The highest BCUT2D eigenvalue weighted by atomic mass is 32.2. The number of hydrogen-bond donors (Lipinski definition) is 1. The van der Waals surface area contributed by atoms with Gasteiger partial charge in [0, 0.05) is 23.3 Å². The molecule has 1 unspecified atom stereocenters. The smallest absolute Gasteiger partial charge is 0.316 e. The molecule has 34 heavy (non-hydrogen) atoms. The number of anilines is 1. The quantitative estimate of drug-likeness (QED) is 0.448. The number of thioether (sulfide) groups is 1. The molecule has 0 saturated carbocycles. The summed E-state index contributed by atoms with van der Waals surface area (Å²) >= 11 is 2.46. The lowest BCUT2D eigenvalue weighted by atomic mass is 9.75. The molecule has 1 atom stereocenters. The monoisotopic (exact) mass is 497 g/mol. The van der Waals surface area contributed by atoms with Gasteiger partial charge in [-0.1, -0.05) is 41.3 Å². The van der Waals surface area contributed by atoms with Crippen LogP contribution >= 0.6 is 23.1 Å². The van der Waals surface area contributed by atoms with Crippen LogP contribution in [0.2, 0.25) is 0 Å². The number of rotatable bonds is 7. The summed E-state index contributed by atoms with van der Waals surface area (Å²) in [4.78, 5) is 26.6. The number of esters is 1. The average molecular weight is 498 g/mol. The number of carbonyl (C=O) groups excluding carboxylic acids is 2. The molecule has 0 radical (unpaired) electrons. The molecule has 176 valence electrons. The van der Waals surface area contributed by atoms with Crippen LogP contribution in [0, 0.1) is 11.3 Å². The van der Waals surface area contributed by atoms with E-state index in [9.17, 15) is 14.9 Å². The molecule has 1 aliphatic heterocycles. The minimum Gasteiger partial charge on any atom is -0.496 e. The maximum Gasteiger partial charge on any atom is 0.316 e. The normalized spacial score (nSPS) is 18.0. The zero-order chi connectivity index (χ0) is 24.2. The van der Waals surface area contributed by atoms with Gasteiger partial charge in [-0.2, -0.15) is 5.26 Å². The van der Waals surface area contributed by atoms with Crippen molar-refractivity contribution in [2.75, 3.05) is 24.4 Å². The van der Waals surface area contributed by atoms with E-state index in [0.717, 1.165) is 11.3 Å². The Labute approximate surface area is 205 Å². The van der Waals surface area contributed by atoms with E-state index in [1.807, 2.05) is 18.2 Å². The summed E-state index contributed by atoms with van der Waals surface area (Å²) in [6.07, 6.45) is 1.68. The number of allylic oxidation sites excluding steroid dienone is 3. The van der Waals surface area contributed by atoms with E-state index in [4.69, 9.17) is 15.2 Å². The van der Waals surface area contributed by atoms with Crippen LogP contribution in [0.1, 0.15) is 37.7 Å². The van der Waals surface area contributed by atoms with E-state index in [1.54, 1.807) is 25.0 Å². The largest absolute Gasteiger partial charge is 0.496 e. The lowest BCUT2D eigenvalue weighted by Crippen LogP contribution is -2.38. The van der Waals surface area contributed by atoms with Crippen molar-refractivity contribution >= 4 is 40.0 Å². The molecular formula is C23H23N5O4S2. The third kappa shape index (κ3) is 4.38. The summed E-state index contributed by atoms with van der Waals surface area (Å²) in [5.74, 6) is -0.0738. The highest BCUT2D eigenvalue weighted by molar-refractivity contribution is 8.01. The zero-order valence-corrected chi connectivity index (χ0v) is 20.4. The van der Waals surface area contributed by atoms with Crippen molar-refractivity contribution in [2.24, 2.45) is 5.73 Å². The second-order valence-corrected chi connectivity index (χ2v) is 9.68. The summed E-state index contributed by atoms with van der Waals surface area (Å²) in [5, 5.41) is 19.0. The molecule has 1 aliphatic carbocycles. The topological polar surface area (TPSA) is 131 Å². The van der Waals surface area contributed by atoms with Crippen LogP contribution in [-0.4, -0.2) is 41.4 Å². The van der Waals surface area contributed by atoms with Gasteiger partial charge in [-0.05, 0) is 25.8 Å². The number of ketones is 1. The molecule has 0 spiro atoms. The van der Waals surface area contributed by atoms with Crippen LogP contribution in [0.4, 0.5) is 5.13 Å². The number of aromatic nitrogens is 2. The number of Topliss-reactive ketones (excluding diaryl/α,β-unsaturated/α-hetero) is 1. The number of ether oxygens (including phenoxy) is 2. The Kier molecular flexibility index (Phi) is 7.19. The van der Waals surface area contributed by atoms with Crippen LogP contribution in [0.3, 0.4) is 0 Å². The van der Waals surface area contributed by atoms with Gasteiger partial charge in [0.25, 0.3) is 0 Å². The van der Waals surface area contributed by atoms with Gasteiger partial charge in [-0.3, -0.25) is 14.5 Å². The van der Waals surface area contributed by atoms with Gasteiger partial charge in [0.2, 0.25) is 5.13 Å². The highest BCUT2D eigenvalue weighted by Crippen LogP contribution is 2.48. The van der Waals surface area contributed by atoms with E-state index in [0.29, 0.717) is 46.7 Å². The van der Waals surface area contributed by atoms with Crippen LogP contribution in [0.5, 0.6) is 5.75 Å². The molecule has 1 aromatic heterocycles. The zero-order valence-electron chi connectivity index (χ0n) is 18.7. The number of carbonyl (C=O) groups is 2. The van der Waals surface area contributed by atoms with Crippen molar-refractivity contribution in [3.8, 4) is 11.8 Å². The molecule has 2 heterocycles. The fourth-order valence-electron chi connectivity index (χ4n) is 4.20. The fraction of sp³-hybridized carbons (Fsp3) is 0.348. The van der Waals surface area contributed by atoms with Crippen LogP contribution in [-0.2, 0) is 14.3 Å². The molecule has 1 aromatic carbocycles. The Bertz CT molecular complexity index is 1230. The van der Waals surface area contributed by atoms with E-state index in [-0.39, 0.29) is 28.9 Å². The third-order valence-electron chi connectivity index (χ3n) is 5.57. The Balaban J connectivity index is 1.78. The van der Waals surface area contributed by atoms with Gasteiger partial charge in [0.15, 0.2) is 10.1 Å². The van der Waals surface area contributed by atoms with Gasteiger partial charge in [0.05, 0.1) is 37.0 Å². The highest BCUT2D eigenvalue weighted by Gasteiger charge is 2.42. The lowest BCUT2D eigenvalue weighted by molar-refractivity contribution is -0.139. The standard InChI is InChI=1S/C23H23N5O4S2/c1-3-32-18(30)12-33-23-27-26-22(34-23)28-15-8-6-9-16(29)20(15)19(14(11-24)21(28)25)13-7-4-5-10-17(13)31-2/h4-5,7,10,19H,3,6,8-9,12,25H2,1-2H3. The Morgan fingerprint density at radius 3 is 2.88 bits per heavy atom. The minimum atomic E-state index is -0.620. The van der Waals surface area contributed by atoms with E-state index in [2.05, 4.69) is 16.3 Å². The number of benzene rings is 1. The molecule has 2 aliphatic rings. The van der Waals surface area contributed by atoms with Crippen LogP contribution in [0.25, 0.3) is 0 Å². The summed E-state index contributed by atoms with van der Waals surface area (Å²) in [6.45, 7) is 2.06. The second kappa shape index (κ2) is 10.3. The predicted molar refractivity (Wildman–Crippen MR) is 128 cm³/mol. The Morgan fingerprint density at radius 2 is 2.15 bits per heavy atom. The molecule has 4 rings (SSSR count). The fourth-order valence-corrected chi connectivity index (χ4v) is 5.87. The number of nitrogens with two attached hydrogens (primary N) is 1. The van der Waals surface area contributed by atoms with Crippen molar-refractivity contribution in [3.63, 3.8) is 0 Å². The van der Waals surface area contributed by atoms with Crippen molar-refractivity contribution in [3.05, 3.63) is 52.5 Å². The molecule has 2 N–H and O–H groups in total. The van der Waals surface area contributed by atoms with Gasteiger partial charge >= 0.3 is 5.97 Å². The molecule has 0 fully saturated rings. The predicted octanol–water partition coefficient (Wildman–Crippen LogP) is 3.51. The molecule has 11 heteroatoms. The molecule has 0 bridgehead atoms. The summed E-state index contributed by atoms with van der Waals surface area (Å²) in [5.41, 5.74) is 8.80. The van der Waals surface area contributed by atoms with Gasteiger partial charge in [-0.25, -0.2) is 0 Å². The first kappa shape index (κ1) is 23.8. The molecule has 9 nitrogen and oxygen atoms in total. The van der Waals surface area contributed by atoms with Crippen molar-refractivity contribution in [1.29, 1.82) is 5.26 Å². The van der Waals surface area contributed by atoms with Crippen LogP contribution < -0.4 is 15.4 Å². The van der Waals surface area contributed by atoms with E-state index >= 15 is 0 Å². The summed E-state index contributed by atoms with van der Waals surface area (Å²) in [7, 11) is 1.56. The molecule has 0 saturated heterocycles. The SMILES string of the molecule is CCOC(=O)CSc1nnc(N2C(N)=C(C#N)C(c3ccccc3OC)C3=C2CCCC3=O)s1. The first-order valence-electron chi connectivity index (χ1n) is 10.7. The van der Waals surface area contributed by atoms with E-state index < -0.39 is 5.92 Å². The Hall–Kier alpha value is -3.36. The average Bonchev–Trinajstić information content (AvgIpc) is 3.31. The van der Waals surface area contributed by atoms with Gasteiger partial charge in [-0.15, -0.1) is 10.2 Å². The van der Waals surface area contributed by atoms with Crippen molar-refractivity contribution in [2.45, 2.75) is 36.4 Å². The molecule has 0 amide bonds. The lowest BCUT2D eigenvalue weighted by Gasteiger charge is -2.38. The number of nitriles is 1. The second-order valence-electron chi connectivity index (χ2n) is 7.50. The molecular weight excluding hydrogens is 474 g/mol. The number of hydrogen-bond acceptors (Lipinski definition) is 11. The minimum absolute atomic E-state index is 0.0242. The number of methoxy groups -OCH3 is 1. The number of nitrogens with zero attached hydrogens (tertiary/aromatic N) is 4. The van der Waals surface area contributed by atoms with E-state index in [1.165, 1.54) is 23.1 Å². The van der Waals surface area contributed by atoms with Crippen molar-refractivity contribution in [1.82, 2.24) is 10.2 Å². The Morgan fingerprint density at radius 1 is 1.35 bits per heavy atom. The summed E-state index contributed by atoms with van der Waals surface area (Å²) < 4.78 is 11.1. The number of para-hydroxylation sites is 1. The van der Waals surface area contributed by atoms with Crippen molar-refractivity contribution < 1.29 is 19.1 Å².